The second-order valence-electron chi connectivity index (χ2n) is 3.94. The van der Waals surface area contributed by atoms with Crippen LogP contribution in [0.4, 0.5) is 4.39 Å². The van der Waals surface area contributed by atoms with Crippen molar-refractivity contribution in [3.63, 3.8) is 0 Å². The summed E-state index contributed by atoms with van der Waals surface area (Å²) >= 11 is 3.52. The summed E-state index contributed by atoms with van der Waals surface area (Å²) in [6.07, 6.45) is 3.56. The summed E-state index contributed by atoms with van der Waals surface area (Å²) in [6.45, 7) is 0. The minimum atomic E-state index is -0.122. The maximum absolute atomic E-state index is 12.9. The maximum Gasteiger partial charge on any atom is 0.123 e. The van der Waals surface area contributed by atoms with E-state index in [-0.39, 0.29) is 5.82 Å². The molecule has 0 aromatic heterocycles. The van der Waals surface area contributed by atoms with Gasteiger partial charge in [-0.1, -0.05) is 28.1 Å². The summed E-state index contributed by atoms with van der Waals surface area (Å²) in [4.78, 5) is 0. The molecular weight excluding hydrogens is 231 g/mol. The first-order valence-electron chi connectivity index (χ1n) is 4.55. The van der Waals surface area contributed by atoms with Crippen LogP contribution < -0.4 is 0 Å². The van der Waals surface area contributed by atoms with Gasteiger partial charge in [-0.3, -0.25) is 0 Å². The van der Waals surface area contributed by atoms with Crippen LogP contribution in [0.25, 0.3) is 0 Å². The summed E-state index contributed by atoms with van der Waals surface area (Å²) < 4.78 is 12.9. The molecule has 13 heavy (non-hydrogen) atoms. The van der Waals surface area contributed by atoms with E-state index < -0.39 is 0 Å². The van der Waals surface area contributed by atoms with Crippen molar-refractivity contribution in [2.24, 2.45) is 5.41 Å². The van der Waals surface area contributed by atoms with Crippen molar-refractivity contribution in [1.82, 2.24) is 0 Å². The van der Waals surface area contributed by atoms with Gasteiger partial charge < -0.3 is 0 Å². The molecular formula is C11H12BrF. The van der Waals surface area contributed by atoms with Crippen LogP contribution in [0.1, 0.15) is 18.4 Å². The summed E-state index contributed by atoms with van der Waals surface area (Å²) in [5.41, 5.74) is 1.56. The predicted octanol–water partition coefficient (Wildman–Crippen LogP) is 3.54. The highest BCUT2D eigenvalue weighted by molar-refractivity contribution is 9.09. The molecule has 0 atom stereocenters. The molecule has 2 rings (SSSR count). The Hall–Kier alpha value is -0.370. The Bertz CT molecular complexity index is 305. The van der Waals surface area contributed by atoms with Gasteiger partial charge in [0.1, 0.15) is 5.82 Å². The number of halogens is 2. The van der Waals surface area contributed by atoms with Gasteiger partial charge in [0.05, 0.1) is 0 Å². The molecule has 0 heterocycles. The molecule has 0 N–H and O–H groups in total. The van der Waals surface area contributed by atoms with Crippen molar-refractivity contribution in [3.05, 3.63) is 35.6 Å². The largest absolute Gasteiger partial charge is 0.207 e. The van der Waals surface area contributed by atoms with Crippen molar-refractivity contribution in [2.75, 3.05) is 5.33 Å². The van der Waals surface area contributed by atoms with Crippen molar-refractivity contribution >= 4 is 15.9 Å². The smallest absolute Gasteiger partial charge is 0.123 e. The lowest BCUT2D eigenvalue weighted by Crippen LogP contribution is -2.06. The lowest BCUT2D eigenvalue weighted by Gasteiger charge is -2.10. The molecule has 70 valence electrons. The topological polar surface area (TPSA) is 0 Å². The molecule has 0 unspecified atom stereocenters. The minimum absolute atomic E-state index is 0.122. The first-order chi connectivity index (χ1) is 6.24. The molecule has 0 radical (unpaired) electrons. The van der Waals surface area contributed by atoms with Gasteiger partial charge >= 0.3 is 0 Å². The van der Waals surface area contributed by atoms with Gasteiger partial charge in [-0.15, -0.1) is 0 Å². The first-order valence-corrected chi connectivity index (χ1v) is 5.67. The Morgan fingerprint density at radius 2 is 2.15 bits per heavy atom. The lowest BCUT2D eigenvalue weighted by molar-refractivity contribution is 0.577. The van der Waals surface area contributed by atoms with E-state index in [1.807, 2.05) is 6.07 Å². The minimum Gasteiger partial charge on any atom is -0.207 e. The van der Waals surface area contributed by atoms with E-state index in [2.05, 4.69) is 15.9 Å². The standard InChI is InChI=1S/C11H12BrF/c12-8-11(4-5-11)7-9-2-1-3-10(13)6-9/h1-3,6H,4-5,7-8H2. The Morgan fingerprint density at radius 3 is 2.69 bits per heavy atom. The normalized spacial score (nSPS) is 18.6. The Morgan fingerprint density at radius 1 is 1.38 bits per heavy atom. The fraction of sp³-hybridized carbons (Fsp3) is 0.455. The van der Waals surface area contributed by atoms with E-state index in [4.69, 9.17) is 0 Å². The summed E-state index contributed by atoms with van der Waals surface area (Å²) in [5, 5.41) is 1.04. The highest BCUT2D eigenvalue weighted by Crippen LogP contribution is 2.49. The zero-order chi connectivity index (χ0) is 9.31. The molecule has 0 aliphatic heterocycles. The zero-order valence-corrected chi connectivity index (χ0v) is 8.98. The molecule has 2 heteroatoms. The molecule has 1 aliphatic carbocycles. The average molecular weight is 243 g/mol. The van der Waals surface area contributed by atoms with E-state index in [1.165, 1.54) is 18.9 Å². The monoisotopic (exact) mass is 242 g/mol. The van der Waals surface area contributed by atoms with E-state index in [0.717, 1.165) is 17.3 Å². The van der Waals surface area contributed by atoms with Crippen molar-refractivity contribution in [3.8, 4) is 0 Å². The highest BCUT2D eigenvalue weighted by Gasteiger charge is 2.41. The third kappa shape index (κ3) is 2.11. The number of hydrogen-bond acceptors (Lipinski definition) is 0. The van der Waals surface area contributed by atoms with Gasteiger partial charge in [-0.25, -0.2) is 4.39 Å². The average Bonchev–Trinajstić information content (AvgIpc) is 2.86. The molecule has 1 fully saturated rings. The molecule has 0 spiro atoms. The molecule has 1 saturated carbocycles. The van der Waals surface area contributed by atoms with Gasteiger partial charge in [0.25, 0.3) is 0 Å². The van der Waals surface area contributed by atoms with E-state index in [9.17, 15) is 4.39 Å². The van der Waals surface area contributed by atoms with E-state index >= 15 is 0 Å². The number of benzene rings is 1. The van der Waals surface area contributed by atoms with Gasteiger partial charge in [0.15, 0.2) is 0 Å². The third-order valence-corrected chi connectivity index (χ3v) is 3.90. The van der Waals surface area contributed by atoms with Gasteiger partial charge in [0, 0.05) is 5.33 Å². The molecule has 0 amide bonds. The van der Waals surface area contributed by atoms with E-state index in [1.54, 1.807) is 12.1 Å². The molecule has 1 aliphatic rings. The van der Waals surface area contributed by atoms with Crippen LogP contribution >= 0.6 is 15.9 Å². The number of rotatable bonds is 3. The molecule has 0 nitrogen and oxygen atoms in total. The summed E-state index contributed by atoms with van der Waals surface area (Å²) in [5.74, 6) is -0.122. The van der Waals surface area contributed by atoms with Crippen LogP contribution in [0, 0.1) is 11.2 Å². The van der Waals surface area contributed by atoms with Crippen molar-refractivity contribution < 1.29 is 4.39 Å². The zero-order valence-electron chi connectivity index (χ0n) is 7.39. The second kappa shape index (κ2) is 3.41. The van der Waals surface area contributed by atoms with Gasteiger partial charge in [0.2, 0.25) is 0 Å². The van der Waals surface area contributed by atoms with E-state index in [0.29, 0.717) is 5.41 Å². The summed E-state index contributed by atoms with van der Waals surface area (Å²) in [7, 11) is 0. The lowest BCUT2D eigenvalue weighted by atomic mass is 9.99. The van der Waals surface area contributed by atoms with Crippen LogP contribution in [0.15, 0.2) is 24.3 Å². The Balaban J connectivity index is 2.09. The third-order valence-electron chi connectivity index (χ3n) is 2.71. The van der Waals surface area contributed by atoms with Crippen LogP contribution in [0.2, 0.25) is 0 Å². The number of alkyl halides is 1. The number of hydrogen-bond donors (Lipinski definition) is 0. The van der Waals surface area contributed by atoms with Crippen LogP contribution in [-0.4, -0.2) is 5.33 Å². The van der Waals surface area contributed by atoms with Crippen molar-refractivity contribution in [2.45, 2.75) is 19.3 Å². The fourth-order valence-electron chi connectivity index (χ4n) is 1.61. The Labute approximate surface area is 86.3 Å². The highest BCUT2D eigenvalue weighted by atomic mass is 79.9. The fourth-order valence-corrected chi connectivity index (χ4v) is 2.37. The molecule has 0 bridgehead atoms. The maximum atomic E-state index is 12.9. The SMILES string of the molecule is Fc1cccc(CC2(CBr)CC2)c1. The quantitative estimate of drug-likeness (QED) is 0.712. The molecule has 1 aromatic carbocycles. The van der Waals surface area contributed by atoms with Gasteiger partial charge in [-0.05, 0) is 42.4 Å². The first kappa shape index (κ1) is 9.20. The van der Waals surface area contributed by atoms with Crippen LogP contribution in [0.5, 0.6) is 0 Å². The van der Waals surface area contributed by atoms with Crippen LogP contribution in [-0.2, 0) is 6.42 Å². The molecule has 1 aromatic rings. The van der Waals surface area contributed by atoms with Gasteiger partial charge in [-0.2, -0.15) is 0 Å². The Kier molecular flexibility index (Phi) is 2.41. The second-order valence-corrected chi connectivity index (χ2v) is 4.50. The van der Waals surface area contributed by atoms with Crippen molar-refractivity contribution in [1.29, 1.82) is 0 Å². The molecule has 0 saturated heterocycles. The van der Waals surface area contributed by atoms with Crippen LogP contribution in [0.3, 0.4) is 0 Å². The summed E-state index contributed by atoms with van der Waals surface area (Å²) in [6, 6.07) is 6.93. The predicted molar refractivity (Wildman–Crippen MR) is 55.6 cm³/mol.